The number of aryl methyl sites for hydroxylation is 1. The number of thiophene rings is 1. The zero-order valence-electron chi connectivity index (χ0n) is 14.4. The van der Waals surface area contributed by atoms with Gasteiger partial charge in [-0.05, 0) is 55.8 Å². The molecule has 5 nitrogen and oxygen atoms in total. The molecular formula is C19H20N4OS. The maximum absolute atomic E-state index is 11.2. The Balaban J connectivity index is 1.80. The van der Waals surface area contributed by atoms with Crippen LogP contribution in [0.3, 0.4) is 0 Å². The topological polar surface area (TPSA) is 66.9 Å². The Kier molecular flexibility index (Phi) is 5.09. The number of hydrogen-bond acceptors (Lipinski definition) is 5. The second-order valence-electron chi connectivity index (χ2n) is 5.88. The van der Waals surface area contributed by atoms with Gasteiger partial charge in [0.15, 0.2) is 0 Å². The van der Waals surface area contributed by atoms with E-state index in [1.807, 2.05) is 56.3 Å². The van der Waals surface area contributed by atoms with Crippen LogP contribution in [0.4, 0.5) is 11.6 Å². The molecule has 0 aliphatic heterocycles. The third-order valence-corrected chi connectivity index (χ3v) is 4.94. The number of pyridine rings is 2. The molecule has 3 aromatic rings. The molecule has 0 fully saturated rings. The van der Waals surface area contributed by atoms with Gasteiger partial charge in [-0.3, -0.25) is 4.79 Å². The quantitative estimate of drug-likeness (QED) is 0.712. The zero-order chi connectivity index (χ0) is 17.8. The Morgan fingerprint density at radius 3 is 2.76 bits per heavy atom. The van der Waals surface area contributed by atoms with E-state index in [4.69, 9.17) is 0 Å². The molecule has 0 saturated carbocycles. The van der Waals surface area contributed by atoms with Crippen molar-refractivity contribution in [1.29, 1.82) is 0 Å². The molecule has 128 valence electrons. The van der Waals surface area contributed by atoms with Crippen molar-refractivity contribution in [2.24, 2.45) is 0 Å². The molecule has 0 aromatic carbocycles. The minimum atomic E-state index is -0.0302. The molecule has 3 heterocycles. The fraction of sp³-hybridized carbons (Fsp3) is 0.211. The van der Waals surface area contributed by atoms with Crippen molar-refractivity contribution in [1.82, 2.24) is 15.3 Å². The van der Waals surface area contributed by atoms with E-state index < -0.39 is 0 Å². The van der Waals surface area contributed by atoms with Crippen LogP contribution in [0, 0.1) is 6.92 Å². The average Bonchev–Trinajstić information content (AvgIpc) is 3.05. The van der Waals surface area contributed by atoms with Crippen LogP contribution in [0.2, 0.25) is 0 Å². The summed E-state index contributed by atoms with van der Waals surface area (Å²) >= 11 is 1.63. The van der Waals surface area contributed by atoms with Gasteiger partial charge in [0.25, 0.3) is 0 Å². The molecule has 0 saturated heterocycles. The highest BCUT2D eigenvalue weighted by Gasteiger charge is 2.11. The van der Waals surface area contributed by atoms with Crippen molar-refractivity contribution in [3.05, 3.63) is 59.1 Å². The first-order chi connectivity index (χ1) is 12.0. The predicted molar refractivity (Wildman–Crippen MR) is 102 cm³/mol. The van der Waals surface area contributed by atoms with Crippen LogP contribution in [-0.4, -0.2) is 15.9 Å². The van der Waals surface area contributed by atoms with Gasteiger partial charge >= 0.3 is 0 Å². The fourth-order valence-electron chi connectivity index (χ4n) is 2.48. The summed E-state index contributed by atoms with van der Waals surface area (Å²) in [6, 6.07) is 13.9. The number of carbonyl (C=O) groups excluding carboxylic acids is 1. The minimum Gasteiger partial charge on any atom is -0.349 e. The van der Waals surface area contributed by atoms with Crippen LogP contribution in [0.15, 0.2) is 48.7 Å². The SMILES string of the molecule is CC(=O)NC(C)c1ccc(-c2cccc(Nc3cc(C)ccn3)n2)s1. The summed E-state index contributed by atoms with van der Waals surface area (Å²) in [4.78, 5) is 22.4. The number of rotatable bonds is 5. The molecule has 2 N–H and O–H groups in total. The number of nitrogens with one attached hydrogen (secondary N) is 2. The van der Waals surface area contributed by atoms with Crippen LogP contribution in [0.5, 0.6) is 0 Å². The van der Waals surface area contributed by atoms with Crippen LogP contribution < -0.4 is 10.6 Å². The highest BCUT2D eigenvalue weighted by atomic mass is 32.1. The van der Waals surface area contributed by atoms with E-state index in [0.717, 1.165) is 32.6 Å². The summed E-state index contributed by atoms with van der Waals surface area (Å²) in [5.74, 6) is 1.49. The molecule has 1 atom stereocenters. The molecule has 25 heavy (non-hydrogen) atoms. The molecule has 0 radical (unpaired) electrons. The van der Waals surface area contributed by atoms with E-state index in [0.29, 0.717) is 0 Å². The standard InChI is InChI=1S/C19H20N4OS/c1-12-9-10-20-19(11-12)23-18-6-4-5-15(22-18)17-8-7-16(25-17)13(2)21-14(3)24/h4-11,13H,1-3H3,(H,21,24)(H,20,22,23). The summed E-state index contributed by atoms with van der Waals surface area (Å²) in [6.45, 7) is 5.53. The Hall–Kier alpha value is -2.73. The molecule has 0 bridgehead atoms. The van der Waals surface area contributed by atoms with Crippen molar-refractivity contribution in [3.8, 4) is 10.6 Å². The van der Waals surface area contributed by atoms with Crippen LogP contribution in [-0.2, 0) is 4.79 Å². The predicted octanol–water partition coefficient (Wildman–Crippen LogP) is 4.45. The van der Waals surface area contributed by atoms with Gasteiger partial charge in [0, 0.05) is 18.0 Å². The molecule has 1 unspecified atom stereocenters. The van der Waals surface area contributed by atoms with Crippen LogP contribution in [0.1, 0.15) is 30.3 Å². The molecule has 3 rings (SSSR count). The molecular weight excluding hydrogens is 332 g/mol. The third-order valence-electron chi connectivity index (χ3n) is 3.65. The van der Waals surface area contributed by atoms with Crippen LogP contribution >= 0.6 is 11.3 Å². The zero-order valence-corrected chi connectivity index (χ0v) is 15.2. The van der Waals surface area contributed by atoms with Crippen LogP contribution in [0.25, 0.3) is 10.6 Å². The smallest absolute Gasteiger partial charge is 0.217 e. The first-order valence-electron chi connectivity index (χ1n) is 8.05. The Bertz CT molecular complexity index is 890. The van der Waals surface area contributed by atoms with E-state index in [9.17, 15) is 4.79 Å². The number of anilines is 2. The first kappa shape index (κ1) is 17.1. The van der Waals surface area contributed by atoms with E-state index >= 15 is 0 Å². The minimum absolute atomic E-state index is 0.00551. The number of nitrogens with zero attached hydrogens (tertiary/aromatic N) is 2. The lowest BCUT2D eigenvalue weighted by atomic mass is 10.2. The van der Waals surface area contributed by atoms with E-state index in [-0.39, 0.29) is 11.9 Å². The molecule has 0 aliphatic carbocycles. The lowest BCUT2D eigenvalue weighted by molar-refractivity contribution is -0.119. The van der Waals surface area contributed by atoms with Gasteiger partial charge in [-0.2, -0.15) is 0 Å². The van der Waals surface area contributed by atoms with Gasteiger partial charge in [-0.25, -0.2) is 9.97 Å². The summed E-state index contributed by atoms with van der Waals surface area (Å²) < 4.78 is 0. The van der Waals surface area contributed by atoms with Crippen molar-refractivity contribution in [2.45, 2.75) is 26.8 Å². The van der Waals surface area contributed by atoms with Gasteiger partial charge < -0.3 is 10.6 Å². The second kappa shape index (κ2) is 7.44. The third kappa shape index (κ3) is 4.42. The number of aromatic nitrogens is 2. The normalized spacial score (nSPS) is 11.8. The van der Waals surface area contributed by atoms with Crippen molar-refractivity contribution in [3.63, 3.8) is 0 Å². The summed E-state index contributed by atoms with van der Waals surface area (Å²) in [5.41, 5.74) is 2.03. The first-order valence-corrected chi connectivity index (χ1v) is 8.87. The second-order valence-corrected chi connectivity index (χ2v) is 6.99. The van der Waals surface area contributed by atoms with Gasteiger partial charge in [0.2, 0.25) is 5.91 Å². The van der Waals surface area contributed by atoms with Crippen molar-refractivity contribution in [2.75, 3.05) is 5.32 Å². The highest BCUT2D eigenvalue weighted by molar-refractivity contribution is 7.15. The Morgan fingerprint density at radius 2 is 2.00 bits per heavy atom. The lowest BCUT2D eigenvalue weighted by Crippen LogP contribution is -2.22. The van der Waals surface area contributed by atoms with Gasteiger partial charge in [0.1, 0.15) is 11.6 Å². The fourth-order valence-corrected chi connectivity index (χ4v) is 3.46. The lowest BCUT2D eigenvalue weighted by Gasteiger charge is -2.09. The number of carbonyl (C=O) groups is 1. The highest BCUT2D eigenvalue weighted by Crippen LogP contribution is 2.31. The summed E-state index contributed by atoms with van der Waals surface area (Å²) in [7, 11) is 0. The molecule has 0 aliphatic rings. The van der Waals surface area contributed by atoms with Gasteiger partial charge in [0.05, 0.1) is 16.6 Å². The molecule has 6 heteroatoms. The van der Waals surface area contributed by atoms with E-state index in [1.54, 1.807) is 17.5 Å². The van der Waals surface area contributed by atoms with E-state index in [1.165, 1.54) is 6.92 Å². The van der Waals surface area contributed by atoms with Gasteiger partial charge in [-0.15, -0.1) is 11.3 Å². The Morgan fingerprint density at radius 1 is 1.16 bits per heavy atom. The maximum Gasteiger partial charge on any atom is 0.217 e. The molecule has 3 aromatic heterocycles. The summed E-state index contributed by atoms with van der Waals surface area (Å²) in [5, 5.41) is 6.14. The molecule has 0 spiro atoms. The number of hydrogen-bond donors (Lipinski definition) is 2. The van der Waals surface area contributed by atoms with Crippen molar-refractivity contribution >= 4 is 28.9 Å². The van der Waals surface area contributed by atoms with Crippen molar-refractivity contribution < 1.29 is 4.79 Å². The maximum atomic E-state index is 11.2. The Labute approximate surface area is 151 Å². The average molecular weight is 352 g/mol. The number of amides is 1. The monoisotopic (exact) mass is 352 g/mol. The van der Waals surface area contributed by atoms with E-state index in [2.05, 4.69) is 20.6 Å². The summed E-state index contributed by atoms with van der Waals surface area (Å²) in [6.07, 6.45) is 1.77. The van der Waals surface area contributed by atoms with Gasteiger partial charge in [-0.1, -0.05) is 6.07 Å². The largest absolute Gasteiger partial charge is 0.349 e. The molecule has 1 amide bonds.